The number of piperazine rings is 1. The summed E-state index contributed by atoms with van der Waals surface area (Å²) in [6, 6.07) is 5.13. The maximum absolute atomic E-state index is 12.8. The number of hydrogen-bond donors (Lipinski definition) is 1. The third kappa shape index (κ3) is 2.83. The van der Waals surface area contributed by atoms with Crippen LogP contribution in [0.5, 0.6) is 0 Å². The van der Waals surface area contributed by atoms with Crippen molar-refractivity contribution in [3.8, 4) is 11.1 Å². The van der Waals surface area contributed by atoms with E-state index in [0.717, 1.165) is 29.9 Å². The highest BCUT2D eigenvalue weighted by molar-refractivity contribution is 5.85. The van der Waals surface area contributed by atoms with Gasteiger partial charge in [0.15, 0.2) is 0 Å². The quantitative estimate of drug-likeness (QED) is 0.759. The molecule has 5 heterocycles. The maximum atomic E-state index is 12.8. The molecule has 1 N–H and O–H groups in total. The molecule has 26 heavy (non-hydrogen) atoms. The fourth-order valence-corrected chi connectivity index (χ4v) is 4.01. The predicted molar refractivity (Wildman–Crippen MR) is 97.1 cm³/mol. The third-order valence-electron chi connectivity index (χ3n) is 5.18. The number of fused-ring (bicyclic) bond motifs is 3. The van der Waals surface area contributed by atoms with Gasteiger partial charge in [-0.2, -0.15) is 19.0 Å². The van der Waals surface area contributed by atoms with E-state index in [1.165, 1.54) is 25.2 Å². The lowest BCUT2D eigenvalue weighted by molar-refractivity contribution is 0.0566. The molecule has 0 saturated carbocycles. The SMILES string of the molecule is Cl.FC(F)n1cc(-c2cc3c(N4CC5CCC(C4)N5)ccnn3c2)cn1. The van der Waals surface area contributed by atoms with Gasteiger partial charge in [0.1, 0.15) is 0 Å². The summed E-state index contributed by atoms with van der Waals surface area (Å²) in [6.45, 7) is -0.657. The minimum Gasteiger partial charge on any atom is -0.367 e. The van der Waals surface area contributed by atoms with Gasteiger partial charge >= 0.3 is 6.55 Å². The van der Waals surface area contributed by atoms with E-state index in [9.17, 15) is 8.78 Å². The van der Waals surface area contributed by atoms with E-state index in [1.54, 1.807) is 6.20 Å². The highest BCUT2D eigenvalue weighted by atomic mass is 35.5. The summed E-state index contributed by atoms with van der Waals surface area (Å²) < 4.78 is 28.0. The van der Waals surface area contributed by atoms with Crippen LogP contribution in [-0.2, 0) is 0 Å². The maximum Gasteiger partial charge on any atom is 0.333 e. The first kappa shape index (κ1) is 17.2. The van der Waals surface area contributed by atoms with Gasteiger partial charge in [-0.3, -0.25) is 0 Å². The molecule has 0 aromatic carbocycles. The lowest BCUT2D eigenvalue weighted by Crippen LogP contribution is -2.51. The van der Waals surface area contributed by atoms with Crippen LogP contribution in [0.15, 0.2) is 36.9 Å². The van der Waals surface area contributed by atoms with Crippen molar-refractivity contribution >= 4 is 23.6 Å². The third-order valence-corrected chi connectivity index (χ3v) is 5.18. The molecule has 3 aromatic heterocycles. The summed E-state index contributed by atoms with van der Waals surface area (Å²) in [5.41, 5.74) is 3.63. The van der Waals surface area contributed by atoms with Gasteiger partial charge in [-0.15, -0.1) is 12.4 Å². The lowest BCUT2D eigenvalue weighted by Gasteiger charge is -2.34. The van der Waals surface area contributed by atoms with Gasteiger partial charge in [0.05, 0.1) is 17.4 Å². The monoisotopic (exact) mass is 380 g/mol. The minimum atomic E-state index is -2.63. The molecule has 2 saturated heterocycles. The summed E-state index contributed by atoms with van der Waals surface area (Å²) in [5, 5.41) is 11.7. The number of halogens is 3. The molecule has 3 aromatic rings. The van der Waals surface area contributed by atoms with E-state index in [4.69, 9.17) is 0 Å². The van der Waals surface area contributed by atoms with E-state index < -0.39 is 6.55 Å². The Morgan fingerprint density at radius 3 is 2.54 bits per heavy atom. The van der Waals surface area contributed by atoms with Crippen LogP contribution in [0.25, 0.3) is 16.6 Å². The molecule has 2 unspecified atom stereocenters. The second kappa shape index (κ2) is 6.51. The average Bonchev–Trinajstić information content (AvgIpc) is 3.31. The molecule has 0 amide bonds. The van der Waals surface area contributed by atoms with Crippen LogP contribution in [0.3, 0.4) is 0 Å². The lowest BCUT2D eigenvalue weighted by atomic mass is 10.2. The standard InChI is InChI=1S/C17H18F2N6.ClH/c18-17(19)25-8-12(6-21-25)11-5-16-15(3-4-20-24(16)7-11)23-9-13-1-2-14(10-23)22-13;/h3-8,13-14,17,22H,1-2,9-10H2;1H. The molecule has 9 heteroatoms. The number of nitrogens with zero attached hydrogens (tertiary/aromatic N) is 5. The van der Waals surface area contributed by atoms with Gasteiger partial charge in [0.25, 0.3) is 0 Å². The van der Waals surface area contributed by atoms with E-state index in [1.807, 2.05) is 22.8 Å². The summed E-state index contributed by atoms with van der Waals surface area (Å²) in [4.78, 5) is 2.40. The Bertz CT molecular complexity index is 911. The predicted octanol–water partition coefficient (Wildman–Crippen LogP) is 2.96. The topological polar surface area (TPSA) is 50.4 Å². The number of anilines is 1. The summed E-state index contributed by atoms with van der Waals surface area (Å²) in [7, 11) is 0. The van der Waals surface area contributed by atoms with Crippen molar-refractivity contribution in [3.63, 3.8) is 0 Å². The van der Waals surface area contributed by atoms with Crippen LogP contribution in [0.2, 0.25) is 0 Å². The normalized spacial score (nSPS) is 22.2. The number of hydrogen-bond acceptors (Lipinski definition) is 4. The summed E-state index contributed by atoms with van der Waals surface area (Å²) in [5.74, 6) is 0. The average molecular weight is 381 g/mol. The largest absolute Gasteiger partial charge is 0.367 e. The van der Waals surface area contributed by atoms with Crippen LogP contribution < -0.4 is 10.2 Å². The fraction of sp³-hybridized carbons (Fsp3) is 0.412. The van der Waals surface area contributed by atoms with Gasteiger partial charge in [-0.1, -0.05) is 0 Å². The van der Waals surface area contributed by atoms with Gasteiger partial charge in [-0.05, 0) is 25.0 Å². The number of aromatic nitrogens is 4. The Balaban J connectivity index is 0.00000168. The molecule has 2 aliphatic heterocycles. The first-order chi connectivity index (χ1) is 12.2. The van der Waals surface area contributed by atoms with Crippen molar-refractivity contribution in [2.24, 2.45) is 0 Å². The Morgan fingerprint density at radius 1 is 1.08 bits per heavy atom. The molecule has 138 valence electrons. The second-order valence-corrected chi connectivity index (χ2v) is 6.80. The molecule has 2 atom stereocenters. The summed E-state index contributed by atoms with van der Waals surface area (Å²) >= 11 is 0. The highest BCUT2D eigenvalue weighted by Gasteiger charge is 2.32. The van der Waals surface area contributed by atoms with E-state index >= 15 is 0 Å². The van der Waals surface area contributed by atoms with E-state index in [0.29, 0.717) is 22.3 Å². The number of rotatable bonds is 3. The molecule has 2 bridgehead atoms. The highest BCUT2D eigenvalue weighted by Crippen LogP contribution is 2.31. The first-order valence-electron chi connectivity index (χ1n) is 8.48. The summed E-state index contributed by atoms with van der Waals surface area (Å²) in [6.07, 6.45) is 8.93. The minimum absolute atomic E-state index is 0. The van der Waals surface area contributed by atoms with Gasteiger partial charge in [0.2, 0.25) is 0 Å². The Kier molecular flexibility index (Phi) is 4.32. The van der Waals surface area contributed by atoms with E-state index in [-0.39, 0.29) is 12.4 Å². The molecule has 0 radical (unpaired) electrons. The Morgan fingerprint density at radius 2 is 1.85 bits per heavy atom. The Hall–Kier alpha value is -2.19. The second-order valence-electron chi connectivity index (χ2n) is 6.80. The number of alkyl halides is 2. The van der Waals surface area contributed by atoms with Gasteiger partial charge < -0.3 is 10.2 Å². The molecule has 0 aliphatic carbocycles. The van der Waals surface area contributed by atoms with Crippen LogP contribution >= 0.6 is 12.4 Å². The molecule has 2 fully saturated rings. The molecular weight excluding hydrogens is 362 g/mol. The zero-order chi connectivity index (χ0) is 17.0. The molecule has 0 spiro atoms. The van der Waals surface area contributed by atoms with Crippen molar-refractivity contribution in [1.82, 2.24) is 24.7 Å². The molecule has 5 rings (SSSR count). The van der Waals surface area contributed by atoms with Crippen molar-refractivity contribution in [2.75, 3.05) is 18.0 Å². The van der Waals surface area contributed by atoms with E-state index in [2.05, 4.69) is 20.4 Å². The first-order valence-corrected chi connectivity index (χ1v) is 8.48. The van der Waals surface area contributed by atoms with Crippen molar-refractivity contribution < 1.29 is 8.78 Å². The Labute approximate surface area is 155 Å². The van der Waals surface area contributed by atoms with Gasteiger partial charge in [0, 0.05) is 54.9 Å². The van der Waals surface area contributed by atoms with Crippen molar-refractivity contribution in [3.05, 3.63) is 36.9 Å². The van der Waals surface area contributed by atoms with Crippen molar-refractivity contribution in [1.29, 1.82) is 0 Å². The van der Waals surface area contributed by atoms with Crippen molar-refractivity contribution in [2.45, 2.75) is 31.5 Å². The van der Waals surface area contributed by atoms with Gasteiger partial charge in [-0.25, -0.2) is 9.20 Å². The zero-order valence-corrected chi connectivity index (χ0v) is 14.7. The van der Waals surface area contributed by atoms with Crippen LogP contribution in [0.1, 0.15) is 19.4 Å². The fourth-order valence-electron chi connectivity index (χ4n) is 4.01. The zero-order valence-electron chi connectivity index (χ0n) is 13.9. The number of nitrogens with one attached hydrogen (secondary N) is 1. The molecule has 6 nitrogen and oxygen atoms in total. The van der Waals surface area contributed by atoms with Crippen LogP contribution in [0.4, 0.5) is 14.5 Å². The van der Waals surface area contributed by atoms with Crippen LogP contribution in [0, 0.1) is 0 Å². The van der Waals surface area contributed by atoms with Crippen LogP contribution in [-0.4, -0.2) is 44.6 Å². The molecular formula is C17H19ClF2N6. The molecule has 2 aliphatic rings. The smallest absolute Gasteiger partial charge is 0.333 e.